The highest BCUT2D eigenvalue weighted by Gasteiger charge is 2.13. The van der Waals surface area contributed by atoms with E-state index >= 15 is 0 Å². The molecule has 0 atom stereocenters. The number of anilines is 1. The van der Waals surface area contributed by atoms with E-state index in [0.717, 1.165) is 5.56 Å². The standard InChI is InChI=1S/C20H21ClN2O4/c1-23(20(25)11-8-14-6-4-5-7-17(14)26-2)13-19(24)22-16-12-15(21)9-10-18(16)27-3/h4-12H,13H2,1-3H3,(H,22,24)/b11-8+. The molecule has 0 saturated heterocycles. The van der Waals surface area contributed by atoms with E-state index in [1.165, 1.54) is 18.1 Å². The molecule has 0 bridgehead atoms. The molecule has 142 valence electrons. The summed E-state index contributed by atoms with van der Waals surface area (Å²) in [6.45, 7) is -0.120. The van der Waals surface area contributed by atoms with Crippen molar-refractivity contribution in [2.24, 2.45) is 0 Å². The molecule has 0 aliphatic heterocycles. The van der Waals surface area contributed by atoms with Crippen LogP contribution in [-0.2, 0) is 9.59 Å². The summed E-state index contributed by atoms with van der Waals surface area (Å²) in [5, 5.41) is 3.16. The second kappa shape index (κ2) is 9.64. The van der Waals surface area contributed by atoms with Crippen molar-refractivity contribution in [3.8, 4) is 11.5 Å². The first-order valence-corrected chi connectivity index (χ1v) is 8.52. The van der Waals surface area contributed by atoms with Crippen LogP contribution >= 0.6 is 11.6 Å². The minimum Gasteiger partial charge on any atom is -0.496 e. The monoisotopic (exact) mass is 388 g/mol. The third kappa shape index (κ3) is 5.76. The number of nitrogens with zero attached hydrogens (tertiary/aromatic N) is 1. The lowest BCUT2D eigenvalue weighted by Crippen LogP contribution is -2.33. The topological polar surface area (TPSA) is 67.9 Å². The molecular weight excluding hydrogens is 368 g/mol. The molecule has 0 unspecified atom stereocenters. The number of benzene rings is 2. The summed E-state index contributed by atoms with van der Waals surface area (Å²) >= 11 is 5.95. The van der Waals surface area contributed by atoms with Crippen LogP contribution in [-0.4, -0.2) is 44.5 Å². The van der Waals surface area contributed by atoms with Gasteiger partial charge in [-0.15, -0.1) is 0 Å². The van der Waals surface area contributed by atoms with Gasteiger partial charge in [0.25, 0.3) is 0 Å². The molecule has 0 spiro atoms. The van der Waals surface area contributed by atoms with Gasteiger partial charge in [-0.3, -0.25) is 9.59 Å². The van der Waals surface area contributed by atoms with E-state index in [1.54, 1.807) is 44.5 Å². The first-order valence-electron chi connectivity index (χ1n) is 8.14. The number of halogens is 1. The van der Waals surface area contributed by atoms with Gasteiger partial charge in [0.1, 0.15) is 11.5 Å². The summed E-state index contributed by atoms with van der Waals surface area (Å²) in [5.74, 6) is 0.471. The number of methoxy groups -OCH3 is 2. The fourth-order valence-corrected chi connectivity index (χ4v) is 2.53. The van der Waals surface area contributed by atoms with Crippen LogP contribution in [0.15, 0.2) is 48.5 Å². The highest BCUT2D eigenvalue weighted by atomic mass is 35.5. The quantitative estimate of drug-likeness (QED) is 0.737. The third-order valence-electron chi connectivity index (χ3n) is 3.74. The maximum atomic E-state index is 12.3. The molecule has 2 rings (SSSR count). The van der Waals surface area contributed by atoms with Gasteiger partial charge in [-0.25, -0.2) is 0 Å². The molecule has 27 heavy (non-hydrogen) atoms. The normalized spacial score (nSPS) is 10.5. The van der Waals surface area contributed by atoms with Gasteiger partial charge in [0.2, 0.25) is 11.8 Å². The number of ether oxygens (including phenoxy) is 2. The van der Waals surface area contributed by atoms with Crippen LogP contribution in [0.25, 0.3) is 6.08 Å². The smallest absolute Gasteiger partial charge is 0.246 e. The van der Waals surface area contributed by atoms with E-state index in [9.17, 15) is 9.59 Å². The zero-order valence-corrected chi connectivity index (χ0v) is 16.1. The van der Waals surface area contributed by atoms with Gasteiger partial charge in [-0.2, -0.15) is 0 Å². The molecule has 0 aromatic heterocycles. The summed E-state index contributed by atoms with van der Waals surface area (Å²) in [7, 11) is 4.61. The lowest BCUT2D eigenvalue weighted by Gasteiger charge is -2.16. The van der Waals surface area contributed by atoms with E-state index in [-0.39, 0.29) is 18.4 Å². The number of amides is 2. The highest BCUT2D eigenvalue weighted by molar-refractivity contribution is 6.31. The van der Waals surface area contributed by atoms with Crippen LogP contribution in [0.1, 0.15) is 5.56 Å². The van der Waals surface area contributed by atoms with Crippen molar-refractivity contribution in [1.29, 1.82) is 0 Å². The van der Waals surface area contributed by atoms with E-state index < -0.39 is 0 Å². The van der Waals surface area contributed by atoms with Crippen LogP contribution in [0, 0.1) is 0 Å². The number of carbonyl (C=O) groups excluding carboxylic acids is 2. The molecule has 0 aliphatic carbocycles. The van der Waals surface area contributed by atoms with Crippen molar-refractivity contribution in [2.45, 2.75) is 0 Å². The Labute approximate surface area is 163 Å². The van der Waals surface area contributed by atoms with Crippen molar-refractivity contribution >= 4 is 35.2 Å². The van der Waals surface area contributed by atoms with Crippen molar-refractivity contribution in [3.05, 3.63) is 59.1 Å². The second-order valence-electron chi connectivity index (χ2n) is 5.66. The number of carbonyl (C=O) groups is 2. The minimum absolute atomic E-state index is 0.120. The average Bonchev–Trinajstić information content (AvgIpc) is 2.66. The van der Waals surface area contributed by atoms with E-state index in [4.69, 9.17) is 21.1 Å². The number of rotatable bonds is 7. The summed E-state index contributed by atoms with van der Waals surface area (Å²) in [4.78, 5) is 25.8. The summed E-state index contributed by atoms with van der Waals surface area (Å²) in [5.41, 5.74) is 1.22. The maximum absolute atomic E-state index is 12.3. The Kier molecular flexibility index (Phi) is 7.25. The zero-order valence-electron chi connectivity index (χ0n) is 15.4. The molecule has 0 fully saturated rings. The average molecular weight is 389 g/mol. The van der Waals surface area contributed by atoms with Gasteiger partial charge >= 0.3 is 0 Å². The van der Waals surface area contributed by atoms with Gasteiger partial charge in [0.15, 0.2) is 0 Å². The maximum Gasteiger partial charge on any atom is 0.246 e. The SMILES string of the molecule is COc1ccccc1/C=C/C(=O)N(C)CC(=O)Nc1cc(Cl)ccc1OC. The molecular formula is C20H21ClN2O4. The van der Waals surface area contributed by atoms with Crippen molar-refractivity contribution in [2.75, 3.05) is 33.1 Å². The van der Waals surface area contributed by atoms with E-state index in [1.807, 2.05) is 18.2 Å². The van der Waals surface area contributed by atoms with Crippen molar-refractivity contribution in [1.82, 2.24) is 4.90 Å². The highest BCUT2D eigenvalue weighted by Crippen LogP contribution is 2.27. The molecule has 0 aliphatic rings. The first-order chi connectivity index (χ1) is 12.9. The molecule has 2 amide bonds. The molecule has 2 aromatic rings. The van der Waals surface area contributed by atoms with Crippen LogP contribution < -0.4 is 14.8 Å². The number of hydrogen-bond donors (Lipinski definition) is 1. The van der Waals surface area contributed by atoms with Gasteiger partial charge < -0.3 is 19.7 Å². The number of nitrogens with one attached hydrogen (secondary N) is 1. The summed E-state index contributed by atoms with van der Waals surface area (Å²) < 4.78 is 10.4. The first kappa shape index (κ1) is 20.3. The van der Waals surface area contributed by atoms with Gasteiger partial charge in [0, 0.05) is 23.7 Å². The van der Waals surface area contributed by atoms with E-state index in [2.05, 4.69) is 5.32 Å². The van der Waals surface area contributed by atoms with Crippen LogP contribution in [0.3, 0.4) is 0 Å². The predicted octanol–water partition coefficient (Wildman–Crippen LogP) is 3.47. The van der Waals surface area contributed by atoms with Gasteiger partial charge in [0.05, 0.1) is 26.5 Å². The Morgan fingerprint density at radius 2 is 1.81 bits per heavy atom. The molecule has 0 radical (unpaired) electrons. The van der Waals surface area contributed by atoms with Gasteiger partial charge in [-0.1, -0.05) is 29.8 Å². The van der Waals surface area contributed by atoms with Gasteiger partial charge in [-0.05, 0) is 30.3 Å². The molecule has 2 aromatic carbocycles. The largest absolute Gasteiger partial charge is 0.496 e. The lowest BCUT2D eigenvalue weighted by molar-refractivity contribution is -0.129. The lowest BCUT2D eigenvalue weighted by atomic mass is 10.2. The van der Waals surface area contributed by atoms with Crippen LogP contribution in [0.5, 0.6) is 11.5 Å². The van der Waals surface area contributed by atoms with Crippen LogP contribution in [0.2, 0.25) is 5.02 Å². The van der Waals surface area contributed by atoms with Crippen molar-refractivity contribution < 1.29 is 19.1 Å². The Balaban J connectivity index is 1.98. The Morgan fingerprint density at radius 3 is 2.52 bits per heavy atom. The molecule has 1 N–H and O–H groups in total. The van der Waals surface area contributed by atoms with E-state index in [0.29, 0.717) is 22.2 Å². The fraction of sp³-hybridized carbons (Fsp3) is 0.200. The second-order valence-corrected chi connectivity index (χ2v) is 6.10. The minimum atomic E-state index is -0.364. The molecule has 7 heteroatoms. The number of para-hydroxylation sites is 1. The number of likely N-dealkylation sites (N-methyl/N-ethyl adjacent to an activating group) is 1. The predicted molar refractivity (Wildman–Crippen MR) is 106 cm³/mol. The Morgan fingerprint density at radius 1 is 1.11 bits per heavy atom. The Hall–Kier alpha value is -2.99. The summed E-state index contributed by atoms with van der Waals surface area (Å²) in [6, 6.07) is 12.2. The zero-order chi connectivity index (χ0) is 19.8. The fourth-order valence-electron chi connectivity index (χ4n) is 2.35. The Bertz CT molecular complexity index is 852. The molecule has 0 heterocycles. The third-order valence-corrected chi connectivity index (χ3v) is 3.97. The van der Waals surface area contributed by atoms with Crippen LogP contribution in [0.4, 0.5) is 5.69 Å². The number of hydrogen-bond acceptors (Lipinski definition) is 4. The molecule has 6 nitrogen and oxygen atoms in total. The molecule has 0 saturated carbocycles. The summed E-state index contributed by atoms with van der Waals surface area (Å²) in [6.07, 6.45) is 3.04. The van der Waals surface area contributed by atoms with Crippen molar-refractivity contribution in [3.63, 3.8) is 0 Å².